The third-order valence-corrected chi connectivity index (χ3v) is 3.69. The molecule has 121 valence electrons. The maximum atomic E-state index is 12.1. The zero-order valence-corrected chi connectivity index (χ0v) is 13.0. The van der Waals surface area contributed by atoms with Crippen molar-refractivity contribution in [2.45, 2.75) is 13.0 Å². The highest BCUT2D eigenvalue weighted by Crippen LogP contribution is 2.18. The van der Waals surface area contributed by atoms with Crippen molar-refractivity contribution >= 4 is 28.4 Å². The summed E-state index contributed by atoms with van der Waals surface area (Å²) >= 11 is 0. The number of primary amides is 1. The monoisotopic (exact) mass is 321 g/mol. The van der Waals surface area contributed by atoms with E-state index < -0.39 is 0 Å². The summed E-state index contributed by atoms with van der Waals surface area (Å²) in [5, 5.41) is 3.11. The molecule has 1 heterocycles. The number of nitrogens with one attached hydrogen (secondary N) is 1. The van der Waals surface area contributed by atoms with E-state index in [9.17, 15) is 9.59 Å². The fourth-order valence-electron chi connectivity index (χ4n) is 2.42. The largest absolute Gasteiger partial charge is 0.378 e. The van der Waals surface area contributed by atoms with Gasteiger partial charge < -0.3 is 15.6 Å². The molecular weight excluding hydrogens is 304 g/mol. The molecular formula is C18H17N4O2. The standard InChI is InChI=1S/C18H17N4O2/c19-18(24)8-9-22-12-21-15-10-14(6-7-16(15)22)20-11-17(23)13-4-2-1-3-5-13/h1-7,10,20H,8-9,11H2,(H2,19,24). The number of aryl methyl sites for hydroxylation is 1. The number of ketones is 1. The van der Waals surface area contributed by atoms with Crippen LogP contribution < -0.4 is 11.1 Å². The van der Waals surface area contributed by atoms with E-state index in [1.807, 2.05) is 36.4 Å². The minimum Gasteiger partial charge on any atom is -0.378 e. The van der Waals surface area contributed by atoms with Gasteiger partial charge in [0.05, 0.1) is 17.6 Å². The molecule has 0 spiro atoms. The molecule has 24 heavy (non-hydrogen) atoms. The molecule has 3 aromatic rings. The van der Waals surface area contributed by atoms with Crippen LogP contribution in [0.2, 0.25) is 0 Å². The number of amides is 1. The number of nitrogens with two attached hydrogens (primary N) is 1. The summed E-state index contributed by atoms with van der Waals surface area (Å²) in [7, 11) is 0. The predicted octanol–water partition coefficient (Wildman–Crippen LogP) is 2.01. The minimum absolute atomic E-state index is 0.0225. The van der Waals surface area contributed by atoms with Crippen molar-refractivity contribution in [1.82, 2.24) is 9.55 Å². The second-order valence-corrected chi connectivity index (χ2v) is 5.43. The first-order valence-electron chi connectivity index (χ1n) is 7.62. The molecule has 0 unspecified atom stereocenters. The molecule has 0 bridgehead atoms. The molecule has 3 N–H and O–H groups in total. The van der Waals surface area contributed by atoms with Gasteiger partial charge in [-0.05, 0) is 18.2 Å². The fourth-order valence-corrected chi connectivity index (χ4v) is 2.42. The molecule has 6 heteroatoms. The molecule has 0 aliphatic rings. The normalized spacial score (nSPS) is 10.7. The van der Waals surface area contributed by atoms with Crippen molar-refractivity contribution in [2.75, 3.05) is 11.9 Å². The van der Waals surface area contributed by atoms with Crippen LogP contribution in [0.15, 0.2) is 48.5 Å². The first-order valence-corrected chi connectivity index (χ1v) is 7.62. The number of aromatic nitrogens is 2. The number of rotatable bonds is 7. The van der Waals surface area contributed by atoms with Gasteiger partial charge in [0.15, 0.2) is 12.1 Å². The molecule has 1 radical (unpaired) electrons. The highest BCUT2D eigenvalue weighted by atomic mass is 16.1. The van der Waals surface area contributed by atoms with Gasteiger partial charge in [-0.2, -0.15) is 0 Å². The van der Waals surface area contributed by atoms with Gasteiger partial charge in [-0.3, -0.25) is 9.59 Å². The van der Waals surface area contributed by atoms with Crippen molar-refractivity contribution < 1.29 is 9.59 Å². The lowest BCUT2D eigenvalue weighted by atomic mass is 10.1. The van der Waals surface area contributed by atoms with Gasteiger partial charge in [0.2, 0.25) is 5.91 Å². The molecule has 0 saturated carbocycles. The lowest BCUT2D eigenvalue weighted by molar-refractivity contribution is -0.118. The zero-order valence-electron chi connectivity index (χ0n) is 13.0. The zero-order chi connectivity index (χ0) is 16.9. The summed E-state index contributed by atoms with van der Waals surface area (Å²) in [6.45, 7) is 0.659. The third-order valence-electron chi connectivity index (χ3n) is 3.69. The molecule has 1 amide bonds. The van der Waals surface area contributed by atoms with Crippen LogP contribution >= 0.6 is 0 Å². The van der Waals surface area contributed by atoms with Crippen LogP contribution in [0.3, 0.4) is 0 Å². The minimum atomic E-state index is -0.358. The average molecular weight is 321 g/mol. The van der Waals surface area contributed by atoms with E-state index in [4.69, 9.17) is 5.73 Å². The quantitative estimate of drug-likeness (QED) is 0.651. The number of hydrogen-bond acceptors (Lipinski definition) is 4. The van der Waals surface area contributed by atoms with Crippen LogP contribution in [-0.2, 0) is 11.3 Å². The van der Waals surface area contributed by atoms with E-state index in [2.05, 4.69) is 16.6 Å². The van der Waals surface area contributed by atoms with E-state index in [1.54, 1.807) is 16.7 Å². The van der Waals surface area contributed by atoms with Crippen LogP contribution in [0.1, 0.15) is 16.8 Å². The molecule has 1 aromatic heterocycles. The first kappa shape index (κ1) is 15.7. The number of carbonyl (C=O) groups excluding carboxylic acids is 2. The molecule has 0 fully saturated rings. The van der Waals surface area contributed by atoms with Crippen molar-refractivity contribution in [3.8, 4) is 0 Å². The maximum Gasteiger partial charge on any atom is 0.219 e. The van der Waals surface area contributed by atoms with Gasteiger partial charge in [0, 0.05) is 24.2 Å². The smallest absolute Gasteiger partial charge is 0.219 e. The predicted molar refractivity (Wildman–Crippen MR) is 91.6 cm³/mol. The average Bonchev–Trinajstić information content (AvgIpc) is 3.01. The number of hydrogen-bond donors (Lipinski definition) is 2. The second-order valence-electron chi connectivity index (χ2n) is 5.43. The number of imidazole rings is 1. The van der Waals surface area contributed by atoms with Gasteiger partial charge in [-0.25, -0.2) is 4.98 Å². The van der Waals surface area contributed by atoms with Crippen LogP contribution in [0.5, 0.6) is 0 Å². The number of carbonyl (C=O) groups is 2. The topological polar surface area (TPSA) is 90.0 Å². The number of Topliss-reactive ketones (excluding diaryl/α,β-unsaturated/α-hetero) is 1. The number of benzene rings is 2. The third kappa shape index (κ3) is 3.60. The Morgan fingerprint density at radius 2 is 1.96 bits per heavy atom. The molecule has 0 aliphatic heterocycles. The van der Waals surface area contributed by atoms with Gasteiger partial charge in [-0.15, -0.1) is 0 Å². The Morgan fingerprint density at radius 3 is 2.71 bits per heavy atom. The van der Waals surface area contributed by atoms with E-state index in [0.717, 1.165) is 16.7 Å². The number of fused-ring (bicyclic) bond motifs is 1. The first-order chi connectivity index (χ1) is 11.6. The lowest BCUT2D eigenvalue weighted by Crippen LogP contribution is -2.14. The Hall–Kier alpha value is -3.15. The summed E-state index contributed by atoms with van der Waals surface area (Å²) in [6.07, 6.45) is 3.09. The molecule has 2 aromatic carbocycles. The Morgan fingerprint density at radius 1 is 1.17 bits per heavy atom. The van der Waals surface area contributed by atoms with E-state index in [0.29, 0.717) is 12.1 Å². The summed E-state index contributed by atoms with van der Waals surface area (Å²) in [5.41, 5.74) is 8.26. The van der Waals surface area contributed by atoms with Crippen LogP contribution in [0.25, 0.3) is 11.0 Å². The Labute approximate surface area is 139 Å². The van der Waals surface area contributed by atoms with Gasteiger partial charge in [0.1, 0.15) is 0 Å². The van der Waals surface area contributed by atoms with Crippen LogP contribution in [0.4, 0.5) is 5.69 Å². The summed E-state index contributed by atoms with van der Waals surface area (Å²) in [6, 6.07) is 14.8. The fraction of sp³-hybridized carbons (Fsp3) is 0.167. The highest BCUT2D eigenvalue weighted by Gasteiger charge is 2.08. The van der Waals surface area contributed by atoms with Gasteiger partial charge >= 0.3 is 0 Å². The Balaban J connectivity index is 1.68. The van der Waals surface area contributed by atoms with Crippen molar-refractivity contribution in [3.05, 3.63) is 60.4 Å². The maximum absolute atomic E-state index is 12.1. The number of nitrogens with zero attached hydrogens (tertiary/aromatic N) is 2. The highest BCUT2D eigenvalue weighted by molar-refractivity contribution is 5.99. The SMILES string of the molecule is NC(=O)CCn1[c]nc2cc(NCC(=O)c3ccccc3)ccc21. The Bertz CT molecular complexity index is 871. The van der Waals surface area contributed by atoms with Crippen LogP contribution in [-0.4, -0.2) is 27.8 Å². The molecule has 0 aliphatic carbocycles. The molecule has 0 saturated heterocycles. The van der Waals surface area contributed by atoms with Crippen molar-refractivity contribution in [1.29, 1.82) is 0 Å². The molecule has 6 nitrogen and oxygen atoms in total. The van der Waals surface area contributed by atoms with Crippen LogP contribution in [0, 0.1) is 6.33 Å². The summed E-state index contributed by atoms with van der Waals surface area (Å²) < 4.78 is 1.76. The lowest BCUT2D eigenvalue weighted by Gasteiger charge is -2.07. The van der Waals surface area contributed by atoms with E-state index >= 15 is 0 Å². The molecule has 0 atom stereocenters. The summed E-state index contributed by atoms with van der Waals surface area (Å²) in [4.78, 5) is 27.2. The van der Waals surface area contributed by atoms with Gasteiger partial charge in [-0.1, -0.05) is 30.3 Å². The van der Waals surface area contributed by atoms with Crippen molar-refractivity contribution in [2.24, 2.45) is 5.73 Å². The van der Waals surface area contributed by atoms with Gasteiger partial charge in [0.25, 0.3) is 0 Å². The Kier molecular flexibility index (Phi) is 4.56. The van der Waals surface area contributed by atoms with Crippen molar-refractivity contribution in [3.63, 3.8) is 0 Å². The van der Waals surface area contributed by atoms with E-state index in [-0.39, 0.29) is 24.7 Å². The van der Waals surface area contributed by atoms with E-state index in [1.165, 1.54) is 0 Å². The molecule has 3 rings (SSSR count). The summed E-state index contributed by atoms with van der Waals surface area (Å²) in [5.74, 6) is -0.336. The second kappa shape index (κ2) is 6.95. The number of anilines is 1.